The molecule has 1 fully saturated rings. The van der Waals surface area contributed by atoms with Crippen LogP contribution in [0.25, 0.3) is 0 Å². The SMILES string of the molecule is CNCc1ccccc1S(=O)(=O)N(C)C1CCS(=O)(=O)C1. The Labute approximate surface area is 126 Å². The summed E-state index contributed by atoms with van der Waals surface area (Å²) in [6.45, 7) is 0.437. The Morgan fingerprint density at radius 3 is 2.57 bits per heavy atom. The fraction of sp³-hybridized carbons (Fsp3) is 0.538. The van der Waals surface area contributed by atoms with Crippen molar-refractivity contribution >= 4 is 19.9 Å². The predicted molar refractivity (Wildman–Crippen MR) is 81.2 cm³/mol. The summed E-state index contributed by atoms with van der Waals surface area (Å²) >= 11 is 0. The second-order valence-electron chi connectivity index (χ2n) is 5.22. The molecular formula is C13H20N2O4S2. The van der Waals surface area contributed by atoms with Gasteiger partial charge in [0, 0.05) is 19.6 Å². The number of nitrogens with zero attached hydrogens (tertiary/aromatic N) is 1. The zero-order valence-electron chi connectivity index (χ0n) is 12.1. The fourth-order valence-corrected chi connectivity index (χ4v) is 5.98. The molecule has 21 heavy (non-hydrogen) atoms. The molecule has 1 aliphatic rings. The molecule has 8 heteroatoms. The average molecular weight is 332 g/mol. The van der Waals surface area contributed by atoms with Gasteiger partial charge in [0.05, 0.1) is 16.4 Å². The van der Waals surface area contributed by atoms with Crippen LogP contribution in [0.4, 0.5) is 0 Å². The Morgan fingerprint density at radius 1 is 1.33 bits per heavy atom. The van der Waals surface area contributed by atoms with Gasteiger partial charge in [0.25, 0.3) is 0 Å². The third kappa shape index (κ3) is 3.45. The molecule has 0 saturated carbocycles. The van der Waals surface area contributed by atoms with E-state index < -0.39 is 25.9 Å². The van der Waals surface area contributed by atoms with Crippen LogP contribution in [-0.2, 0) is 26.4 Å². The van der Waals surface area contributed by atoms with Gasteiger partial charge in [-0.1, -0.05) is 18.2 Å². The summed E-state index contributed by atoms with van der Waals surface area (Å²) < 4.78 is 49.8. The molecule has 1 heterocycles. The van der Waals surface area contributed by atoms with E-state index in [2.05, 4.69) is 5.32 Å². The highest BCUT2D eigenvalue weighted by Crippen LogP contribution is 2.25. The first kappa shape index (κ1) is 16.4. The first-order valence-corrected chi connectivity index (χ1v) is 9.95. The van der Waals surface area contributed by atoms with Crippen molar-refractivity contribution in [1.29, 1.82) is 0 Å². The van der Waals surface area contributed by atoms with Crippen LogP contribution < -0.4 is 5.32 Å². The van der Waals surface area contributed by atoms with Gasteiger partial charge in [-0.15, -0.1) is 0 Å². The lowest BCUT2D eigenvalue weighted by atomic mass is 10.2. The highest BCUT2D eigenvalue weighted by Gasteiger charge is 2.37. The number of sulfonamides is 1. The van der Waals surface area contributed by atoms with Crippen LogP contribution in [0.15, 0.2) is 29.2 Å². The van der Waals surface area contributed by atoms with E-state index in [9.17, 15) is 16.8 Å². The maximum Gasteiger partial charge on any atom is 0.243 e. The van der Waals surface area contributed by atoms with E-state index in [1.54, 1.807) is 31.3 Å². The third-order valence-electron chi connectivity index (χ3n) is 3.72. The van der Waals surface area contributed by atoms with E-state index in [1.807, 2.05) is 0 Å². The molecule has 6 nitrogen and oxygen atoms in total. The van der Waals surface area contributed by atoms with Crippen LogP contribution in [0.5, 0.6) is 0 Å². The highest BCUT2D eigenvalue weighted by atomic mass is 32.2. The molecule has 1 saturated heterocycles. The summed E-state index contributed by atoms with van der Waals surface area (Å²) in [4.78, 5) is 0.228. The minimum Gasteiger partial charge on any atom is -0.316 e. The van der Waals surface area contributed by atoms with Crippen molar-refractivity contribution in [2.45, 2.75) is 23.9 Å². The van der Waals surface area contributed by atoms with Crippen molar-refractivity contribution in [3.05, 3.63) is 29.8 Å². The van der Waals surface area contributed by atoms with Crippen molar-refractivity contribution < 1.29 is 16.8 Å². The molecule has 0 aromatic heterocycles. The molecule has 2 rings (SSSR count). The molecule has 0 spiro atoms. The summed E-state index contributed by atoms with van der Waals surface area (Å²) in [6, 6.07) is 6.28. The van der Waals surface area contributed by atoms with Crippen LogP contribution >= 0.6 is 0 Å². The molecule has 1 aromatic rings. The number of rotatable bonds is 5. The first-order chi connectivity index (χ1) is 9.78. The smallest absolute Gasteiger partial charge is 0.243 e. The normalized spacial score (nSPS) is 21.8. The predicted octanol–water partition coefficient (Wildman–Crippen LogP) is 0.214. The molecule has 1 N–H and O–H groups in total. The summed E-state index contributed by atoms with van der Waals surface area (Å²) in [7, 11) is -3.62. The van der Waals surface area contributed by atoms with E-state index in [1.165, 1.54) is 11.4 Å². The average Bonchev–Trinajstić information content (AvgIpc) is 2.79. The van der Waals surface area contributed by atoms with Crippen molar-refractivity contribution in [2.24, 2.45) is 0 Å². The van der Waals surface area contributed by atoms with E-state index >= 15 is 0 Å². The summed E-state index contributed by atoms with van der Waals surface area (Å²) in [5, 5.41) is 2.94. The van der Waals surface area contributed by atoms with Gasteiger partial charge in [0.1, 0.15) is 0 Å². The van der Waals surface area contributed by atoms with Gasteiger partial charge in [0.2, 0.25) is 10.0 Å². The Balaban J connectivity index is 2.34. The Hall–Kier alpha value is -0.960. The zero-order chi connectivity index (χ0) is 15.7. The van der Waals surface area contributed by atoms with Crippen molar-refractivity contribution in [2.75, 3.05) is 25.6 Å². The summed E-state index contributed by atoms with van der Waals surface area (Å²) in [5.74, 6) is -0.0490. The van der Waals surface area contributed by atoms with Gasteiger partial charge in [-0.25, -0.2) is 16.8 Å². The van der Waals surface area contributed by atoms with Crippen LogP contribution in [0.2, 0.25) is 0 Å². The van der Waals surface area contributed by atoms with E-state index in [0.29, 0.717) is 18.5 Å². The fourth-order valence-electron chi connectivity index (χ4n) is 2.51. The number of benzene rings is 1. The molecule has 1 atom stereocenters. The lowest BCUT2D eigenvalue weighted by molar-refractivity contribution is 0.393. The Bertz CT molecular complexity index is 713. The van der Waals surface area contributed by atoms with Crippen LogP contribution in [0, 0.1) is 0 Å². The second kappa shape index (κ2) is 6.04. The maximum absolute atomic E-state index is 12.7. The van der Waals surface area contributed by atoms with Crippen molar-refractivity contribution in [3.8, 4) is 0 Å². The molecule has 1 aromatic carbocycles. The van der Waals surface area contributed by atoms with E-state index in [4.69, 9.17) is 0 Å². The number of nitrogens with one attached hydrogen (secondary N) is 1. The topological polar surface area (TPSA) is 83.6 Å². The quantitative estimate of drug-likeness (QED) is 0.833. The summed E-state index contributed by atoms with van der Waals surface area (Å²) in [6.07, 6.45) is 0.353. The monoisotopic (exact) mass is 332 g/mol. The first-order valence-electron chi connectivity index (χ1n) is 6.69. The highest BCUT2D eigenvalue weighted by molar-refractivity contribution is 7.92. The van der Waals surface area contributed by atoms with Crippen molar-refractivity contribution in [3.63, 3.8) is 0 Å². The number of sulfone groups is 1. The maximum atomic E-state index is 12.7. The molecular weight excluding hydrogens is 312 g/mol. The zero-order valence-corrected chi connectivity index (χ0v) is 13.7. The lowest BCUT2D eigenvalue weighted by Gasteiger charge is -2.24. The third-order valence-corrected chi connectivity index (χ3v) is 7.48. The molecule has 0 amide bonds. The van der Waals surface area contributed by atoms with E-state index in [-0.39, 0.29) is 16.4 Å². The van der Waals surface area contributed by atoms with Gasteiger partial charge < -0.3 is 5.32 Å². The van der Waals surface area contributed by atoms with Gasteiger partial charge in [0.15, 0.2) is 9.84 Å². The molecule has 0 aliphatic carbocycles. The van der Waals surface area contributed by atoms with Crippen molar-refractivity contribution in [1.82, 2.24) is 9.62 Å². The van der Waals surface area contributed by atoms with Gasteiger partial charge in [-0.05, 0) is 25.1 Å². The van der Waals surface area contributed by atoms with Crippen LogP contribution in [0.3, 0.4) is 0 Å². The minimum atomic E-state index is -3.70. The number of hydrogen-bond donors (Lipinski definition) is 1. The minimum absolute atomic E-state index is 0.0513. The van der Waals surface area contributed by atoms with Gasteiger partial charge in [-0.3, -0.25) is 0 Å². The van der Waals surface area contributed by atoms with Gasteiger partial charge >= 0.3 is 0 Å². The standard InChI is InChI=1S/C13H20N2O4S2/c1-14-9-11-5-3-4-6-13(11)21(18,19)15(2)12-7-8-20(16,17)10-12/h3-6,12,14H,7-10H2,1-2H3. The van der Waals surface area contributed by atoms with Crippen LogP contribution in [0.1, 0.15) is 12.0 Å². The van der Waals surface area contributed by atoms with Crippen LogP contribution in [-0.4, -0.2) is 52.8 Å². The second-order valence-corrected chi connectivity index (χ2v) is 9.41. The Morgan fingerprint density at radius 2 is 2.00 bits per heavy atom. The molecule has 118 valence electrons. The van der Waals surface area contributed by atoms with Gasteiger partial charge in [-0.2, -0.15) is 4.31 Å². The van der Waals surface area contributed by atoms with E-state index in [0.717, 1.165) is 0 Å². The molecule has 0 radical (unpaired) electrons. The molecule has 1 unspecified atom stereocenters. The number of hydrogen-bond acceptors (Lipinski definition) is 5. The Kier molecular flexibility index (Phi) is 4.72. The molecule has 1 aliphatic heterocycles. The largest absolute Gasteiger partial charge is 0.316 e. The molecule has 0 bridgehead atoms. The summed E-state index contributed by atoms with van der Waals surface area (Å²) in [5.41, 5.74) is 0.674. The lowest BCUT2D eigenvalue weighted by Crippen LogP contribution is -2.38.